The number of carbonyl (C=O) groups is 2. The van der Waals surface area contributed by atoms with Crippen molar-refractivity contribution in [2.24, 2.45) is 0 Å². The smallest absolute Gasteiger partial charge is 0.267 e. The molecule has 3 aromatic rings. The average molecular weight is 434 g/mol. The standard InChI is InChI=1S/C19H16BrNO2S2/c1-11-4-7-15(14(20)10-11)21(18(22)16-8-5-12(2)24-16)19(23)17-9-6-13(3)25-17/h4-10H,1-3H3. The summed E-state index contributed by atoms with van der Waals surface area (Å²) in [6.45, 7) is 5.85. The van der Waals surface area contributed by atoms with Gasteiger partial charge in [0, 0.05) is 14.2 Å². The fraction of sp³-hybridized carbons (Fsp3) is 0.158. The maximum absolute atomic E-state index is 13.1. The van der Waals surface area contributed by atoms with Crippen LogP contribution in [-0.4, -0.2) is 11.8 Å². The summed E-state index contributed by atoms with van der Waals surface area (Å²) in [5, 5.41) is 0. The molecule has 0 unspecified atom stereocenters. The van der Waals surface area contributed by atoms with E-state index in [-0.39, 0.29) is 11.8 Å². The zero-order valence-electron chi connectivity index (χ0n) is 14.0. The van der Waals surface area contributed by atoms with Gasteiger partial charge in [0.25, 0.3) is 11.8 Å². The second-order valence-corrected chi connectivity index (χ2v) is 9.15. The number of hydrogen-bond acceptors (Lipinski definition) is 4. The first-order valence-electron chi connectivity index (χ1n) is 7.64. The predicted molar refractivity (Wildman–Crippen MR) is 108 cm³/mol. The first-order chi connectivity index (χ1) is 11.9. The van der Waals surface area contributed by atoms with Crippen LogP contribution in [0, 0.1) is 20.8 Å². The molecule has 2 aromatic heterocycles. The molecule has 2 amide bonds. The van der Waals surface area contributed by atoms with Gasteiger partial charge in [0.1, 0.15) is 0 Å². The van der Waals surface area contributed by atoms with Crippen molar-refractivity contribution in [1.29, 1.82) is 0 Å². The molecule has 0 atom stereocenters. The Morgan fingerprint density at radius 1 is 0.840 bits per heavy atom. The predicted octanol–water partition coefficient (Wildman–Crippen LogP) is 5.98. The summed E-state index contributed by atoms with van der Waals surface area (Å²) in [6, 6.07) is 12.9. The zero-order chi connectivity index (χ0) is 18.1. The average Bonchev–Trinajstić information content (AvgIpc) is 3.18. The Balaban J connectivity index is 2.10. The van der Waals surface area contributed by atoms with Gasteiger partial charge in [0.15, 0.2) is 0 Å². The summed E-state index contributed by atoms with van der Waals surface area (Å²) in [5.41, 5.74) is 1.60. The number of rotatable bonds is 3. The maximum atomic E-state index is 13.1. The number of thiophene rings is 2. The molecule has 0 saturated carbocycles. The molecule has 25 heavy (non-hydrogen) atoms. The quantitative estimate of drug-likeness (QED) is 0.476. The second kappa shape index (κ2) is 7.23. The van der Waals surface area contributed by atoms with Crippen molar-refractivity contribution in [3.63, 3.8) is 0 Å². The van der Waals surface area contributed by atoms with Crippen LogP contribution in [0.4, 0.5) is 5.69 Å². The third-order valence-electron chi connectivity index (χ3n) is 3.65. The summed E-state index contributed by atoms with van der Waals surface area (Å²) in [7, 11) is 0. The molecule has 0 bridgehead atoms. The molecule has 0 aliphatic rings. The van der Waals surface area contributed by atoms with E-state index in [0.29, 0.717) is 15.4 Å². The van der Waals surface area contributed by atoms with E-state index < -0.39 is 0 Å². The fourth-order valence-corrected chi connectivity index (χ4v) is 4.69. The molecular weight excluding hydrogens is 418 g/mol. The van der Waals surface area contributed by atoms with Crippen molar-refractivity contribution >= 4 is 56.1 Å². The van der Waals surface area contributed by atoms with E-state index in [1.165, 1.54) is 27.6 Å². The van der Waals surface area contributed by atoms with Gasteiger partial charge in [-0.2, -0.15) is 0 Å². The van der Waals surface area contributed by atoms with Crippen molar-refractivity contribution in [2.45, 2.75) is 20.8 Å². The number of carbonyl (C=O) groups excluding carboxylic acids is 2. The minimum Gasteiger partial charge on any atom is -0.267 e. The molecule has 6 heteroatoms. The van der Waals surface area contributed by atoms with Crippen LogP contribution in [0.25, 0.3) is 0 Å². The van der Waals surface area contributed by atoms with Gasteiger partial charge >= 0.3 is 0 Å². The summed E-state index contributed by atoms with van der Waals surface area (Å²) >= 11 is 6.28. The van der Waals surface area contributed by atoms with Crippen LogP contribution in [0.2, 0.25) is 0 Å². The number of benzene rings is 1. The Bertz CT molecular complexity index is 906. The Labute approximate surface area is 163 Å². The van der Waals surface area contributed by atoms with Crippen LogP contribution < -0.4 is 4.90 Å². The van der Waals surface area contributed by atoms with Crippen LogP contribution in [0.5, 0.6) is 0 Å². The Hall–Kier alpha value is -1.76. The highest BCUT2D eigenvalue weighted by Gasteiger charge is 2.29. The van der Waals surface area contributed by atoms with E-state index in [0.717, 1.165) is 19.8 Å². The monoisotopic (exact) mass is 433 g/mol. The topological polar surface area (TPSA) is 37.4 Å². The summed E-state index contributed by atoms with van der Waals surface area (Å²) in [5.74, 6) is -0.614. The molecule has 0 fully saturated rings. The number of nitrogens with zero attached hydrogens (tertiary/aromatic N) is 1. The third-order valence-corrected chi connectivity index (χ3v) is 6.27. The van der Waals surface area contributed by atoms with E-state index in [4.69, 9.17) is 0 Å². The van der Waals surface area contributed by atoms with Crippen LogP contribution in [0.3, 0.4) is 0 Å². The van der Waals surface area contributed by atoms with Gasteiger partial charge in [-0.05, 0) is 78.7 Å². The molecule has 1 aromatic carbocycles. The van der Waals surface area contributed by atoms with Crippen molar-refractivity contribution in [3.8, 4) is 0 Å². The van der Waals surface area contributed by atoms with E-state index in [1.807, 2.05) is 45.0 Å². The van der Waals surface area contributed by atoms with Crippen molar-refractivity contribution in [2.75, 3.05) is 4.90 Å². The number of halogens is 1. The first kappa shape index (κ1) is 18.0. The molecule has 0 aliphatic heterocycles. The minimum absolute atomic E-state index is 0.307. The number of anilines is 1. The molecule has 0 radical (unpaired) electrons. The van der Waals surface area contributed by atoms with Crippen LogP contribution >= 0.6 is 38.6 Å². The van der Waals surface area contributed by atoms with Crippen molar-refractivity contribution in [3.05, 3.63) is 72.0 Å². The maximum Gasteiger partial charge on any atom is 0.275 e. The molecule has 3 rings (SSSR count). The fourth-order valence-electron chi connectivity index (χ4n) is 2.42. The summed E-state index contributed by atoms with van der Waals surface area (Å²) in [4.78, 5) is 30.7. The molecule has 3 nitrogen and oxygen atoms in total. The summed E-state index contributed by atoms with van der Waals surface area (Å²) in [6.07, 6.45) is 0. The SMILES string of the molecule is Cc1ccc(N(C(=O)c2ccc(C)s2)C(=O)c2ccc(C)s2)c(Br)c1. The Morgan fingerprint density at radius 2 is 1.36 bits per heavy atom. The second-order valence-electron chi connectivity index (χ2n) is 5.72. The van der Waals surface area contributed by atoms with Gasteiger partial charge in [-0.3, -0.25) is 9.59 Å². The highest BCUT2D eigenvalue weighted by Crippen LogP contribution is 2.32. The van der Waals surface area contributed by atoms with Crippen molar-refractivity contribution in [1.82, 2.24) is 0 Å². The molecule has 128 valence electrons. The van der Waals surface area contributed by atoms with E-state index >= 15 is 0 Å². The Kier molecular flexibility index (Phi) is 5.22. The Morgan fingerprint density at radius 3 is 1.76 bits per heavy atom. The lowest BCUT2D eigenvalue weighted by Crippen LogP contribution is -2.36. The number of amides is 2. The van der Waals surface area contributed by atoms with Crippen LogP contribution in [0.1, 0.15) is 34.7 Å². The van der Waals surface area contributed by atoms with E-state index in [2.05, 4.69) is 15.9 Å². The normalized spacial score (nSPS) is 10.7. The largest absolute Gasteiger partial charge is 0.275 e. The van der Waals surface area contributed by atoms with Gasteiger partial charge in [-0.15, -0.1) is 22.7 Å². The molecule has 0 N–H and O–H groups in total. The highest BCUT2D eigenvalue weighted by molar-refractivity contribution is 9.10. The van der Waals surface area contributed by atoms with Crippen LogP contribution in [0.15, 0.2) is 46.9 Å². The summed E-state index contributed by atoms with van der Waals surface area (Å²) < 4.78 is 0.718. The van der Waals surface area contributed by atoms with Crippen LogP contribution in [-0.2, 0) is 0 Å². The number of hydrogen-bond donors (Lipinski definition) is 0. The van der Waals surface area contributed by atoms with Gasteiger partial charge < -0.3 is 0 Å². The molecule has 0 aliphatic carbocycles. The third kappa shape index (κ3) is 3.76. The number of imide groups is 1. The minimum atomic E-state index is -0.307. The van der Waals surface area contributed by atoms with Crippen molar-refractivity contribution < 1.29 is 9.59 Å². The lowest BCUT2D eigenvalue weighted by molar-refractivity contribution is 0.0902. The first-order valence-corrected chi connectivity index (χ1v) is 10.1. The van der Waals surface area contributed by atoms with Gasteiger partial charge in [0.05, 0.1) is 15.4 Å². The van der Waals surface area contributed by atoms with Gasteiger partial charge in [-0.25, -0.2) is 4.90 Å². The van der Waals surface area contributed by atoms with Gasteiger partial charge in [-0.1, -0.05) is 6.07 Å². The van der Waals surface area contributed by atoms with E-state index in [1.54, 1.807) is 18.2 Å². The molecule has 0 saturated heterocycles. The zero-order valence-corrected chi connectivity index (χ0v) is 17.2. The lowest BCUT2D eigenvalue weighted by Gasteiger charge is -2.21. The number of aryl methyl sites for hydroxylation is 3. The van der Waals surface area contributed by atoms with Gasteiger partial charge in [0.2, 0.25) is 0 Å². The lowest BCUT2D eigenvalue weighted by atomic mass is 10.2. The molecule has 2 heterocycles. The van der Waals surface area contributed by atoms with E-state index in [9.17, 15) is 9.59 Å². The molecular formula is C19H16BrNO2S2. The highest BCUT2D eigenvalue weighted by atomic mass is 79.9. The molecule has 0 spiro atoms.